The van der Waals surface area contributed by atoms with Crippen LogP contribution in [0.25, 0.3) is 0 Å². The van der Waals surface area contributed by atoms with Crippen LogP contribution in [0.1, 0.15) is 25.3 Å². The number of anilines is 1. The summed E-state index contributed by atoms with van der Waals surface area (Å²) >= 11 is 1.19. The normalized spacial score (nSPS) is 16.2. The van der Waals surface area contributed by atoms with Crippen molar-refractivity contribution < 1.29 is 13.5 Å². The van der Waals surface area contributed by atoms with Crippen LogP contribution in [0, 0.1) is 0 Å². The van der Waals surface area contributed by atoms with Gasteiger partial charge in [0.25, 0.3) is 10.0 Å². The Morgan fingerprint density at radius 1 is 1.40 bits per heavy atom. The summed E-state index contributed by atoms with van der Waals surface area (Å²) in [5, 5.41) is 12.1. The van der Waals surface area contributed by atoms with E-state index in [1.54, 1.807) is 12.1 Å². The number of rotatable bonds is 5. The lowest BCUT2D eigenvalue weighted by Gasteiger charge is -2.18. The van der Waals surface area contributed by atoms with Crippen molar-refractivity contribution in [1.82, 2.24) is 0 Å². The lowest BCUT2D eigenvalue weighted by atomic mass is 10.1. The first-order chi connectivity index (χ1) is 9.56. The number of thioether (sulfide) groups is 1. The number of aryl methyl sites for hydroxylation is 1. The van der Waals surface area contributed by atoms with Gasteiger partial charge in [-0.3, -0.25) is 0 Å². The number of unbranched alkanes of at least 4 members (excludes halogenated alkanes) is 1. The maximum atomic E-state index is 12.2. The molecule has 0 amide bonds. The van der Waals surface area contributed by atoms with Gasteiger partial charge in [0.05, 0.1) is 12.3 Å². The first kappa shape index (κ1) is 15.3. The van der Waals surface area contributed by atoms with Crippen molar-refractivity contribution in [1.29, 1.82) is 0 Å². The fraction of sp³-hybridized carbons (Fsp3) is 0.462. The molecule has 2 N–H and O–H groups in total. The van der Waals surface area contributed by atoms with Crippen molar-refractivity contribution >= 4 is 32.6 Å². The second-order valence-corrected chi connectivity index (χ2v) is 7.16. The highest BCUT2D eigenvalue weighted by Gasteiger charge is 2.25. The largest absolute Gasteiger partial charge is 0.396 e. The van der Waals surface area contributed by atoms with Crippen LogP contribution in [0.15, 0.2) is 27.5 Å². The molecular formula is C13H18N2O3S2. The molecule has 1 aromatic rings. The van der Waals surface area contributed by atoms with Gasteiger partial charge in [-0.2, -0.15) is 8.42 Å². The summed E-state index contributed by atoms with van der Waals surface area (Å²) in [5.74, 6) is 0.408. The van der Waals surface area contributed by atoms with Gasteiger partial charge in [-0.05, 0) is 30.5 Å². The van der Waals surface area contributed by atoms with E-state index >= 15 is 0 Å². The molecule has 0 bridgehead atoms. The monoisotopic (exact) mass is 314 g/mol. The standard InChI is InChI=1S/C13H18N2O3S2/c1-2-3-4-10-5-6-11-12(9-10)20(17,18)15-13(14-11)19-8-7-16/h5-6,9,16H,2-4,7-8H2,1H3,(H,14,15). The Bertz CT molecular complexity index is 612. The Labute approximate surface area is 123 Å². The maximum absolute atomic E-state index is 12.2. The van der Waals surface area contributed by atoms with Crippen LogP contribution in [-0.2, 0) is 16.4 Å². The van der Waals surface area contributed by atoms with Gasteiger partial charge < -0.3 is 10.4 Å². The molecule has 0 radical (unpaired) electrons. The molecule has 1 heterocycles. The van der Waals surface area contributed by atoms with Crippen LogP contribution < -0.4 is 5.32 Å². The zero-order valence-corrected chi connectivity index (χ0v) is 12.9. The Morgan fingerprint density at radius 3 is 2.90 bits per heavy atom. The molecule has 5 nitrogen and oxygen atoms in total. The quantitative estimate of drug-likeness (QED) is 0.871. The summed E-state index contributed by atoms with van der Waals surface area (Å²) in [6, 6.07) is 5.42. The number of nitrogens with zero attached hydrogens (tertiary/aromatic N) is 1. The fourth-order valence-corrected chi connectivity index (χ4v) is 3.95. The second-order valence-electron chi connectivity index (χ2n) is 4.50. The molecule has 7 heteroatoms. The molecule has 0 spiro atoms. The van der Waals surface area contributed by atoms with Crippen molar-refractivity contribution in [3.05, 3.63) is 23.8 Å². The number of hydrogen-bond donors (Lipinski definition) is 2. The Hall–Kier alpha value is -1.05. The van der Waals surface area contributed by atoms with Gasteiger partial charge in [-0.15, -0.1) is 4.40 Å². The smallest absolute Gasteiger partial charge is 0.286 e. The van der Waals surface area contributed by atoms with E-state index in [1.807, 2.05) is 6.07 Å². The maximum Gasteiger partial charge on any atom is 0.286 e. The lowest BCUT2D eigenvalue weighted by Crippen LogP contribution is -2.19. The van der Waals surface area contributed by atoms with E-state index in [0.29, 0.717) is 16.6 Å². The van der Waals surface area contributed by atoms with Crippen molar-refractivity contribution in [2.75, 3.05) is 17.7 Å². The SMILES string of the molecule is CCCCc1ccc2c(c1)S(=O)(=O)N=C(SCCO)N2. The summed E-state index contributed by atoms with van der Waals surface area (Å²) in [6.45, 7) is 2.08. The van der Waals surface area contributed by atoms with Gasteiger partial charge in [-0.1, -0.05) is 31.2 Å². The topological polar surface area (TPSA) is 78.8 Å². The Kier molecular flexibility index (Phi) is 5.06. The number of sulfonamides is 1. The van der Waals surface area contributed by atoms with E-state index in [4.69, 9.17) is 5.11 Å². The van der Waals surface area contributed by atoms with Crippen LogP contribution >= 0.6 is 11.8 Å². The summed E-state index contributed by atoms with van der Waals surface area (Å²) in [4.78, 5) is 0.236. The number of fused-ring (bicyclic) bond motifs is 1. The van der Waals surface area contributed by atoms with Crippen LogP contribution in [0.4, 0.5) is 5.69 Å². The molecule has 0 fully saturated rings. The van der Waals surface area contributed by atoms with E-state index < -0.39 is 10.0 Å². The van der Waals surface area contributed by atoms with Crippen LogP contribution in [0.2, 0.25) is 0 Å². The van der Waals surface area contributed by atoms with Crippen LogP contribution in [0.5, 0.6) is 0 Å². The molecule has 1 aliphatic heterocycles. The minimum absolute atomic E-state index is 0.0196. The van der Waals surface area contributed by atoms with E-state index in [-0.39, 0.29) is 11.5 Å². The molecule has 0 unspecified atom stereocenters. The van der Waals surface area contributed by atoms with Gasteiger partial charge in [0.15, 0.2) is 5.17 Å². The molecule has 0 saturated heterocycles. The van der Waals surface area contributed by atoms with Gasteiger partial charge in [-0.25, -0.2) is 0 Å². The van der Waals surface area contributed by atoms with Gasteiger partial charge in [0.2, 0.25) is 0 Å². The third-order valence-corrected chi connectivity index (χ3v) is 5.20. The Morgan fingerprint density at radius 2 is 2.20 bits per heavy atom. The average Bonchev–Trinajstić information content (AvgIpc) is 2.42. The molecule has 20 heavy (non-hydrogen) atoms. The fourth-order valence-electron chi connectivity index (χ4n) is 1.92. The summed E-state index contributed by atoms with van der Waals surface area (Å²) in [5.41, 5.74) is 1.57. The summed E-state index contributed by atoms with van der Waals surface area (Å²) in [7, 11) is -3.65. The first-order valence-electron chi connectivity index (χ1n) is 6.55. The Balaban J connectivity index is 2.28. The molecule has 0 aliphatic carbocycles. The number of amidine groups is 1. The number of nitrogens with one attached hydrogen (secondary N) is 1. The van der Waals surface area contributed by atoms with Gasteiger partial charge in [0.1, 0.15) is 4.90 Å². The minimum Gasteiger partial charge on any atom is -0.396 e. The van der Waals surface area contributed by atoms with Crippen molar-refractivity contribution in [3.8, 4) is 0 Å². The highest BCUT2D eigenvalue weighted by atomic mass is 32.2. The lowest BCUT2D eigenvalue weighted by molar-refractivity contribution is 0.323. The molecule has 0 atom stereocenters. The molecule has 1 aromatic carbocycles. The number of aliphatic hydroxyl groups is 1. The summed E-state index contributed by atoms with van der Waals surface area (Å²) in [6.07, 6.45) is 2.98. The second kappa shape index (κ2) is 6.60. The third-order valence-electron chi connectivity index (χ3n) is 2.92. The zero-order valence-electron chi connectivity index (χ0n) is 11.3. The van der Waals surface area contributed by atoms with E-state index in [9.17, 15) is 8.42 Å². The van der Waals surface area contributed by atoms with Gasteiger partial charge >= 0.3 is 0 Å². The van der Waals surface area contributed by atoms with Gasteiger partial charge in [0, 0.05) is 5.75 Å². The van der Waals surface area contributed by atoms with Crippen molar-refractivity contribution in [2.24, 2.45) is 4.40 Å². The summed E-state index contributed by atoms with van der Waals surface area (Å²) < 4.78 is 28.1. The van der Waals surface area contributed by atoms with E-state index in [1.165, 1.54) is 11.8 Å². The third kappa shape index (κ3) is 3.53. The number of aliphatic hydroxyl groups excluding tert-OH is 1. The highest BCUT2D eigenvalue weighted by Crippen LogP contribution is 2.30. The predicted molar refractivity (Wildman–Crippen MR) is 82.8 cm³/mol. The van der Waals surface area contributed by atoms with Crippen LogP contribution in [-0.4, -0.2) is 31.1 Å². The molecular weight excluding hydrogens is 296 g/mol. The zero-order chi connectivity index (χ0) is 14.6. The van der Waals surface area contributed by atoms with E-state index in [2.05, 4.69) is 16.6 Å². The molecule has 1 aliphatic rings. The molecule has 2 rings (SSSR count). The first-order valence-corrected chi connectivity index (χ1v) is 8.98. The molecule has 0 aromatic heterocycles. The van der Waals surface area contributed by atoms with Crippen molar-refractivity contribution in [2.45, 2.75) is 31.1 Å². The number of hydrogen-bond acceptors (Lipinski definition) is 5. The average molecular weight is 314 g/mol. The van der Waals surface area contributed by atoms with E-state index in [0.717, 1.165) is 24.8 Å². The predicted octanol–water partition coefficient (Wildman–Crippen LogP) is 2.22. The highest BCUT2D eigenvalue weighted by molar-refractivity contribution is 8.14. The van der Waals surface area contributed by atoms with Crippen molar-refractivity contribution in [3.63, 3.8) is 0 Å². The minimum atomic E-state index is -3.65. The molecule has 110 valence electrons. The molecule has 0 saturated carbocycles. The number of benzene rings is 1. The van der Waals surface area contributed by atoms with Crippen LogP contribution in [0.3, 0.4) is 0 Å².